The third kappa shape index (κ3) is 6.30. The predicted octanol–water partition coefficient (Wildman–Crippen LogP) is 6.18. The van der Waals surface area contributed by atoms with Gasteiger partial charge in [-0.05, 0) is 65.8 Å². The molecular formula is C22H21ClF2NO4PS. The van der Waals surface area contributed by atoms with E-state index in [2.05, 4.69) is 11.9 Å². The molecule has 5 nitrogen and oxygen atoms in total. The zero-order valence-electron chi connectivity index (χ0n) is 16.9. The van der Waals surface area contributed by atoms with Crippen LogP contribution >= 0.6 is 31.0 Å². The molecule has 0 aromatic heterocycles. The number of carbonyl (C=O) groups excluding carboxylic acids is 1. The van der Waals surface area contributed by atoms with Crippen LogP contribution in [0.2, 0.25) is 5.02 Å². The highest BCUT2D eigenvalue weighted by atomic mass is 35.5. The number of amides is 1. The normalized spacial score (nSPS) is 16.6. The summed E-state index contributed by atoms with van der Waals surface area (Å²) in [5, 5.41) is 4.65. The Morgan fingerprint density at radius 1 is 1.22 bits per heavy atom. The van der Waals surface area contributed by atoms with E-state index in [1.165, 1.54) is 30.1 Å². The quantitative estimate of drug-likeness (QED) is 0.347. The fraction of sp³-hybridized carbons (Fsp3) is 0.227. The van der Waals surface area contributed by atoms with Crippen molar-refractivity contribution in [2.75, 3.05) is 13.2 Å². The molecule has 2 aromatic carbocycles. The fourth-order valence-electron chi connectivity index (χ4n) is 3.06. The number of hydrogen-bond donors (Lipinski definition) is 1. The van der Waals surface area contributed by atoms with E-state index in [0.717, 1.165) is 17.0 Å². The predicted molar refractivity (Wildman–Crippen MR) is 123 cm³/mol. The topological polar surface area (TPSA) is 64.6 Å². The van der Waals surface area contributed by atoms with Gasteiger partial charge in [0.1, 0.15) is 5.66 Å². The number of hydrogen-bond acceptors (Lipinski definition) is 5. The summed E-state index contributed by atoms with van der Waals surface area (Å²) in [4.78, 5) is 13.8. The van der Waals surface area contributed by atoms with Crippen molar-refractivity contribution in [3.63, 3.8) is 0 Å². The SMILES string of the molecule is C=CSc1ccc(Cl)cc1CC(C(=O)N/C=C/c1ccc(F)c(F)c1)P1(=O)OCCCO1. The van der Waals surface area contributed by atoms with Crippen molar-refractivity contribution in [2.24, 2.45) is 0 Å². The summed E-state index contributed by atoms with van der Waals surface area (Å²) in [5.74, 6) is -2.56. The molecule has 0 saturated carbocycles. The van der Waals surface area contributed by atoms with Crippen LogP contribution in [-0.4, -0.2) is 24.8 Å². The highest BCUT2D eigenvalue weighted by Gasteiger charge is 2.43. The molecule has 32 heavy (non-hydrogen) atoms. The van der Waals surface area contributed by atoms with Gasteiger partial charge in [0.25, 0.3) is 0 Å². The van der Waals surface area contributed by atoms with E-state index in [4.69, 9.17) is 20.6 Å². The Morgan fingerprint density at radius 2 is 1.97 bits per heavy atom. The first kappa shape index (κ1) is 24.7. The molecule has 1 fully saturated rings. The maximum Gasteiger partial charge on any atom is 0.343 e. The maximum atomic E-state index is 13.4. The standard InChI is InChI=1S/C22H21ClF2NO4PS/c1-2-32-21-7-5-17(23)13-16(21)14-20(31(28)29-10-3-11-30-31)22(27)26-9-8-15-4-6-18(24)19(25)12-15/h2,4-9,12-13,20H,1,3,10-11,14H2,(H,26,27)/b9-8+. The van der Waals surface area contributed by atoms with Crippen molar-refractivity contribution < 1.29 is 27.2 Å². The first-order valence-corrected chi connectivity index (χ1v) is 12.6. The van der Waals surface area contributed by atoms with Crippen molar-refractivity contribution in [1.82, 2.24) is 5.32 Å². The smallest absolute Gasteiger partial charge is 0.332 e. The van der Waals surface area contributed by atoms with Gasteiger partial charge in [0.2, 0.25) is 5.91 Å². The zero-order valence-corrected chi connectivity index (χ0v) is 19.4. The Morgan fingerprint density at radius 3 is 2.66 bits per heavy atom. The zero-order chi connectivity index (χ0) is 23.1. The summed E-state index contributed by atoms with van der Waals surface area (Å²) in [6.07, 6.45) is 3.30. The van der Waals surface area contributed by atoms with Gasteiger partial charge in [0.15, 0.2) is 11.6 Å². The van der Waals surface area contributed by atoms with E-state index in [1.54, 1.807) is 23.6 Å². The van der Waals surface area contributed by atoms with Crippen molar-refractivity contribution >= 4 is 42.9 Å². The van der Waals surface area contributed by atoms with Gasteiger partial charge in [0.05, 0.1) is 13.2 Å². The van der Waals surface area contributed by atoms with E-state index in [1.807, 2.05) is 0 Å². The van der Waals surface area contributed by atoms with Crippen molar-refractivity contribution in [1.29, 1.82) is 0 Å². The summed E-state index contributed by atoms with van der Waals surface area (Å²) in [6, 6.07) is 8.54. The number of thioether (sulfide) groups is 1. The Balaban J connectivity index is 1.84. The molecule has 1 saturated heterocycles. The first-order valence-electron chi connectivity index (χ1n) is 9.69. The number of carbonyl (C=O) groups is 1. The molecule has 1 unspecified atom stereocenters. The van der Waals surface area contributed by atoms with Gasteiger partial charge in [0, 0.05) is 16.1 Å². The molecule has 1 aliphatic rings. The minimum absolute atomic E-state index is 0.0544. The van der Waals surface area contributed by atoms with E-state index in [-0.39, 0.29) is 19.6 Å². The average molecular weight is 500 g/mol. The molecule has 1 atom stereocenters. The second kappa shape index (κ2) is 11.3. The lowest BCUT2D eigenvalue weighted by molar-refractivity contribution is -0.120. The number of benzene rings is 2. The molecule has 2 aromatic rings. The lowest BCUT2D eigenvalue weighted by Crippen LogP contribution is -2.35. The Kier molecular flexibility index (Phi) is 8.68. The molecule has 170 valence electrons. The largest absolute Gasteiger partial charge is 0.343 e. The van der Waals surface area contributed by atoms with Crippen LogP contribution in [0.25, 0.3) is 6.08 Å². The highest BCUT2D eigenvalue weighted by Crippen LogP contribution is 2.56. The molecule has 0 radical (unpaired) electrons. The van der Waals surface area contributed by atoms with Crippen molar-refractivity contribution in [3.8, 4) is 0 Å². The van der Waals surface area contributed by atoms with Crippen LogP contribution in [0, 0.1) is 11.6 Å². The van der Waals surface area contributed by atoms with Crippen molar-refractivity contribution in [2.45, 2.75) is 23.4 Å². The second-order valence-electron chi connectivity index (χ2n) is 6.83. The summed E-state index contributed by atoms with van der Waals surface area (Å²) in [6.45, 7) is 4.14. The molecule has 1 amide bonds. The summed E-state index contributed by atoms with van der Waals surface area (Å²) >= 11 is 7.49. The van der Waals surface area contributed by atoms with Gasteiger partial charge in [-0.3, -0.25) is 9.36 Å². The van der Waals surface area contributed by atoms with Gasteiger partial charge in [-0.15, -0.1) is 0 Å². The Labute approximate surface area is 194 Å². The monoisotopic (exact) mass is 499 g/mol. The second-order valence-corrected chi connectivity index (χ2v) is 10.5. The Hall–Kier alpha value is -1.96. The van der Waals surface area contributed by atoms with E-state index in [0.29, 0.717) is 22.6 Å². The van der Waals surface area contributed by atoms with E-state index < -0.39 is 30.8 Å². The lowest BCUT2D eigenvalue weighted by atomic mass is 10.1. The molecule has 0 aliphatic carbocycles. The summed E-state index contributed by atoms with van der Waals surface area (Å²) in [7, 11) is -3.76. The number of halogens is 3. The molecule has 1 N–H and O–H groups in total. The van der Waals surface area contributed by atoms with Gasteiger partial charge in [-0.25, -0.2) is 8.78 Å². The molecule has 10 heteroatoms. The van der Waals surface area contributed by atoms with Crippen LogP contribution in [0.3, 0.4) is 0 Å². The van der Waals surface area contributed by atoms with Crippen LogP contribution in [0.5, 0.6) is 0 Å². The summed E-state index contributed by atoms with van der Waals surface area (Å²) < 4.78 is 50.7. The van der Waals surface area contributed by atoms with Crippen LogP contribution in [0.15, 0.2) is 59.5 Å². The van der Waals surface area contributed by atoms with Gasteiger partial charge in [-0.1, -0.05) is 36.0 Å². The van der Waals surface area contributed by atoms with Crippen LogP contribution in [0.4, 0.5) is 8.78 Å². The number of rotatable bonds is 8. The molecular weight excluding hydrogens is 479 g/mol. The maximum absolute atomic E-state index is 13.4. The molecule has 3 rings (SSSR count). The van der Waals surface area contributed by atoms with E-state index in [9.17, 15) is 18.1 Å². The van der Waals surface area contributed by atoms with Gasteiger partial charge >= 0.3 is 7.60 Å². The lowest BCUT2D eigenvalue weighted by Gasteiger charge is -2.29. The Bertz CT molecular complexity index is 1070. The van der Waals surface area contributed by atoms with Gasteiger partial charge in [-0.2, -0.15) is 0 Å². The van der Waals surface area contributed by atoms with Gasteiger partial charge < -0.3 is 14.4 Å². The van der Waals surface area contributed by atoms with E-state index >= 15 is 0 Å². The minimum atomic E-state index is -3.76. The highest BCUT2D eigenvalue weighted by molar-refractivity contribution is 8.02. The average Bonchev–Trinajstić information content (AvgIpc) is 2.76. The third-order valence-corrected chi connectivity index (χ3v) is 7.93. The molecule has 0 bridgehead atoms. The fourth-order valence-corrected chi connectivity index (χ4v) is 5.86. The van der Waals surface area contributed by atoms with Crippen LogP contribution in [-0.2, 0) is 24.8 Å². The molecule has 1 aliphatic heterocycles. The minimum Gasteiger partial charge on any atom is -0.332 e. The van der Waals surface area contributed by atoms with Crippen LogP contribution < -0.4 is 5.32 Å². The molecule has 1 heterocycles. The molecule has 0 spiro atoms. The van der Waals surface area contributed by atoms with Crippen LogP contribution in [0.1, 0.15) is 17.5 Å². The van der Waals surface area contributed by atoms with Crippen molar-refractivity contribution in [3.05, 3.63) is 82.4 Å². The summed E-state index contributed by atoms with van der Waals surface area (Å²) in [5.41, 5.74) is -0.0998. The first-order chi connectivity index (χ1) is 15.3. The number of nitrogens with one attached hydrogen (secondary N) is 1. The third-order valence-electron chi connectivity index (χ3n) is 4.61.